The van der Waals surface area contributed by atoms with Crippen LogP contribution < -0.4 is 0 Å². The van der Waals surface area contributed by atoms with Crippen molar-refractivity contribution in [3.8, 4) is 11.5 Å². The van der Waals surface area contributed by atoms with Gasteiger partial charge in [0.25, 0.3) is 0 Å². The lowest BCUT2D eigenvalue weighted by atomic mass is 10.0. The normalized spacial score (nSPS) is 10.7. The second-order valence-corrected chi connectivity index (χ2v) is 3.79. The van der Waals surface area contributed by atoms with Gasteiger partial charge in [0.2, 0.25) is 0 Å². The van der Waals surface area contributed by atoms with Gasteiger partial charge in [-0.05, 0) is 36.5 Å². The first-order valence-electron chi connectivity index (χ1n) is 4.60. The number of hydrogen-bond donors (Lipinski definition) is 2. The minimum Gasteiger partial charge on any atom is -0.508 e. The highest BCUT2D eigenvalue weighted by molar-refractivity contribution is 5.36. The van der Waals surface area contributed by atoms with E-state index in [4.69, 9.17) is 0 Å². The first-order valence-corrected chi connectivity index (χ1v) is 4.60. The van der Waals surface area contributed by atoms with Crippen molar-refractivity contribution in [2.75, 3.05) is 0 Å². The number of aromatic hydroxyl groups is 2. The van der Waals surface area contributed by atoms with Gasteiger partial charge in [-0.2, -0.15) is 0 Å². The zero-order valence-electron chi connectivity index (χ0n) is 8.12. The van der Waals surface area contributed by atoms with Gasteiger partial charge >= 0.3 is 0 Å². The van der Waals surface area contributed by atoms with E-state index in [-0.39, 0.29) is 11.5 Å². The first kappa shape index (κ1) is 9.90. The molecule has 0 saturated carbocycles. The van der Waals surface area contributed by atoms with Crippen LogP contribution in [0.15, 0.2) is 18.2 Å². The average molecular weight is 180 g/mol. The van der Waals surface area contributed by atoms with Crippen molar-refractivity contribution in [3.05, 3.63) is 23.8 Å². The predicted molar refractivity (Wildman–Crippen MR) is 52.9 cm³/mol. The van der Waals surface area contributed by atoms with E-state index in [0.29, 0.717) is 5.92 Å². The van der Waals surface area contributed by atoms with Gasteiger partial charge in [-0.1, -0.05) is 13.8 Å². The number of benzene rings is 1. The van der Waals surface area contributed by atoms with Gasteiger partial charge in [0, 0.05) is 6.07 Å². The third-order valence-electron chi connectivity index (χ3n) is 1.97. The van der Waals surface area contributed by atoms with Gasteiger partial charge in [-0.15, -0.1) is 0 Å². The summed E-state index contributed by atoms with van der Waals surface area (Å²) in [5.41, 5.74) is 0.992. The molecule has 72 valence electrons. The Balaban J connectivity index is 2.66. The standard InChI is InChI=1S/C11H16O2/c1-8(2)3-4-9-5-10(12)7-11(13)6-9/h5-8,12-13H,3-4H2,1-2H3. The Morgan fingerprint density at radius 2 is 1.62 bits per heavy atom. The van der Waals surface area contributed by atoms with Crippen molar-refractivity contribution in [2.45, 2.75) is 26.7 Å². The Labute approximate surface area is 78.8 Å². The van der Waals surface area contributed by atoms with E-state index in [1.165, 1.54) is 6.07 Å². The topological polar surface area (TPSA) is 40.5 Å². The number of phenolic OH excluding ortho intramolecular Hbond substituents is 2. The highest BCUT2D eigenvalue weighted by Crippen LogP contribution is 2.21. The molecule has 1 rings (SSSR count). The average Bonchev–Trinajstić information content (AvgIpc) is 1.99. The van der Waals surface area contributed by atoms with Crippen LogP contribution in [-0.4, -0.2) is 10.2 Å². The van der Waals surface area contributed by atoms with Crippen molar-refractivity contribution in [3.63, 3.8) is 0 Å². The largest absolute Gasteiger partial charge is 0.508 e. The number of rotatable bonds is 3. The summed E-state index contributed by atoms with van der Waals surface area (Å²) in [5.74, 6) is 0.919. The zero-order valence-corrected chi connectivity index (χ0v) is 8.12. The van der Waals surface area contributed by atoms with Crippen LogP contribution in [0.4, 0.5) is 0 Å². The molecule has 2 nitrogen and oxygen atoms in total. The van der Waals surface area contributed by atoms with Crippen LogP contribution in [0.1, 0.15) is 25.8 Å². The van der Waals surface area contributed by atoms with Gasteiger partial charge in [-0.3, -0.25) is 0 Å². The van der Waals surface area contributed by atoms with Crippen molar-refractivity contribution in [1.29, 1.82) is 0 Å². The van der Waals surface area contributed by atoms with Crippen molar-refractivity contribution in [1.82, 2.24) is 0 Å². The summed E-state index contributed by atoms with van der Waals surface area (Å²) in [7, 11) is 0. The first-order chi connectivity index (χ1) is 6.08. The monoisotopic (exact) mass is 180 g/mol. The lowest BCUT2D eigenvalue weighted by molar-refractivity contribution is 0.448. The van der Waals surface area contributed by atoms with Gasteiger partial charge in [0.1, 0.15) is 11.5 Å². The predicted octanol–water partition coefficient (Wildman–Crippen LogP) is 2.69. The minimum absolute atomic E-state index is 0.138. The van der Waals surface area contributed by atoms with Crippen LogP contribution in [0.25, 0.3) is 0 Å². The molecule has 0 amide bonds. The van der Waals surface area contributed by atoms with Crippen LogP contribution in [-0.2, 0) is 6.42 Å². The number of phenols is 2. The molecule has 0 aliphatic carbocycles. The Bertz CT molecular complexity index is 259. The molecule has 0 atom stereocenters. The fourth-order valence-corrected chi connectivity index (χ4v) is 1.26. The molecule has 0 bridgehead atoms. The maximum atomic E-state index is 9.20. The van der Waals surface area contributed by atoms with Gasteiger partial charge in [0.15, 0.2) is 0 Å². The SMILES string of the molecule is CC(C)CCc1cc(O)cc(O)c1. The summed E-state index contributed by atoms with van der Waals surface area (Å²) < 4.78 is 0. The van der Waals surface area contributed by atoms with E-state index < -0.39 is 0 Å². The number of aryl methyl sites for hydroxylation is 1. The highest BCUT2D eigenvalue weighted by Gasteiger charge is 2.00. The van der Waals surface area contributed by atoms with Crippen molar-refractivity contribution < 1.29 is 10.2 Å². The van der Waals surface area contributed by atoms with Crippen LogP contribution in [0.2, 0.25) is 0 Å². The quantitative estimate of drug-likeness (QED) is 0.750. The van der Waals surface area contributed by atoms with E-state index >= 15 is 0 Å². The molecule has 0 aliphatic rings. The molecule has 0 aromatic heterocycles. The lowest BCUT2D eigenvalue weighted by Gasteiger charge is -2.05. The molecular weight excluding hydrogens is 164 g/mol. The Morgan fingerprint density at radius 3 is 2.08 bits per heavy atom. The van der Waals surface area contributed by atoms with E-state index in [1.807, 2.05) is 0 Å². The molecule has 1 aromatic rings. The molecule has 2 heteroatoms. The highest BCUT2D eigenvalue weighted by atomic mass is 16.3. The fraction of sp³-hybridized carbons (Fsp3) is 0.455. The smallest absolute Gasteiger partial charge is 0.119 e. The van der Waals surface area contributed by atoms with Crippen molar-refractivity contribution in [2.24, 2.45) is 5.92 Å². The molecule has 0 heterocycles. The third kappa shape index (κ3) is 3.36. The Hall–Kier alpha value is -1.18. The Morgan fingerprint density at radius 1 is 1.08 bits per heavy atom. The van der Waals surface area contributed by atoms with E-state index in [1.54, 1.807) is 12.1 Å². The van der Waals surface area contributed by atoms with Crippen LogP contribution >= 0.6 is 0 Å². The Kier molecular flexibility index (Phi) is 3.18. The van der Waals surface area contributed by atoms with E-state index in [9.17, 15) is 10.2 Å². The summed E-state index contributed by atoms with van der Waals surface area (Å²) in [5, 5.41) is 18.4. The molecule has 1 aromatic carbocycles. The molecule has 2 N–H and O–H groups in total. The van der Waals surface area contributed by atoms with E-state index in [2.05, 4.69) is 13.8 Å². The second kappa shape index (κ2) is 4.17. The maximum Gasteiger partial charge on any atom is 0.119 e. The zero-order chi connectivity index (χ0) is 9.84. The fourth-order valence-electron chi connectivity index (χ4n) is 1.26. The number of hydrogen-bond acceptors (Lipinski definition) is 2. The molecule has 0 saturated heterocycles. The molecular formula is C11H16O2. The van der Waals surface area contributed by atoms with Crippen LogP contribution in [0.5, 0.6) is 11.5 Å². The van der Waals surface area contributed by atoms with Gasteiger partial charge in [-0.25, -0.2) is 0 Å². The summed E-state index contributed by atoms with van der Waals surface area (Å²) in [6.45, 7) is 4.31. The molecule has 13 heavy (non-hydrogen) atoms. The molecule has 0 spiro atoms. The van der Waals surface area contributed by atoms with Crippen LogP contribution in [0, 0.1) is 5.92 Å². The van der Waals surface area contributed by atoms with Crippen LogP contribution in [0.3, 0.4) is 0 Å². The lowest BCUT2D eigenvalue weighted by Crippen LogP contribution is -1.91. The summed E-state index contributed by atoms with van der Waals surface area (Å²) in [4.78, 5) is 0. The molecule has 0 radical (unpaired) electrons. The maximum absolute atomic E-state index is 9.20. The van der Waals surface area contributed by atoms with Gasteiger partial charge < -0.3 is 10.2 Å². The van der Waals surface area contributed by atoms with Crippen molar-refractivity contribution >= 4 is 0 Å². The summed E-state index contributed by atoms with van der Waals surface area (Å²) in [6.07, 6.45) is 1.97. The third-order valence-corrected chi connectivity index (χ3v) is 1.97. The summed E-state index contributed by atoms with van der Waals surface area (Å²) >= 11 is 0. The molecule has 0 unspecified atom stereocenters. The molecule has 0 aliphatic heterocycles. The summed E-state index contributed by atoms with van der Waals surface area (Å²) in [6, 6.07) is 4.74. The molecule has 0 fully saturated rings. The second-order valence-electron chi connectivity index (χ2n) is 3.79. The van der Waals surface area contributed by atoms with Gasteiger partial charge in [0.05, 0.1) is 0 Å². The van der Waals surface area contributed by atoms with E-state index in [0.717, 1.165) is 18.4 Å². The minimum atomic E-state index is 0.138.